The number of amides is 2. The highest BCUT2D eigenvalue weighted by molar-refractivity contribution is 6.30. The van der Waals surface area contributed by atoms with Gasteiger partial charge in [0.05, 0.1) is 7.05 Å². The number of rotatable bonds is 6. The van der Waals surface area contributed by atoms with Gasteiger partial charge >= 0.3 is 0 Å². The minimum Gasteiger partial charge on any atom is -0.348 e. The zero-order valence-electron chi connectivity index (χ0n) is 12.3. The lowest BCUT2D eigenvalue weighted by Gasteiger charge is -2.20. The Balaban J connectivity index is 1.84. The van der Waals surface area contributed by atoms with Gasteiger partial charge in [-0.15, -0.1) is 0 Å². The van der Waals surface area contributed by atoms with E-state index >= 15 is 0 Å². The summed E-state index contributed by atoms with van der Waals surface area (Å²) in [6.07, 6.45) is 2.13. The molecule has 1 unspecified atom stereocenters. The molecule has 1 aliphatic rings. The van der Waals surface area contributed by atoms with E-state index in [1.807, 2.05) is 7.05 Å². The van der Waals surface area contributed by atoms with Gasteiger partial charge in [0.25, 0.3) is 11.8 Å². The molecule has 0 bridgehead atoms. The number of anilines is 1. The summed E-state index contributed by atoms with van der Waals surface area (Å²) in [5.41, 5.74) is 0.662. The van der Waals surface area contributed by atoms with Crippen LogP contribution in [0.4, 0.5) is 5.69 Å². The Bertz CT molecular complexity index is 531. The van der Waals surface area contributed by atoms with Gasteiger partial charge in [0.1, 0.15) is 0 Å². The van der Waals surface area contributed by atoms with Crippen LogP contribution in [0.15, 0.2) is 24.3 Å². The molecule has 0 heterocycles. The van der Waals surface area contributed by atoms with Gasteiger partial charge in [0.15, 0.2) is 12.6 Å². The maximum absolute atomic E-state index is 12.2. The highest BCUT2D eigenvalue weighted by atomic mass is 35.5. The predicted molar refractivity (Wildman–Crippen MR) is 82.5 cm³/mol. The second-order valence-corrected chi connectivity index (χ2v) is 6.02. The Labute approximate surface area is 129 Å². The molecule has 21 heavy (non-hydrogen) atoms. The molecule has 1 aliphatic carbocycles. The molecule has 5 nitrogen and oxygen atoms in total. The lowest BCUT2D eigenvalue weighted by Crippen LogP contribution is -3.15. The summed E-state index contributed by atoms with van der Waals surface area (Å²) in [7, 11) is 1.84. The van der Waals surface area contributed by atoms with Crippen molar-refractivity contribution in [3.63, 3.8) is 0 Å². The maximum atomic E-state index is 12.2. The average Bonchev–Trinajstić information content (AvgIpc) is 3.21. The highest BCUT2D eigenvalue weighted by Crippen LogP contribution is 2.18. The summed E-state index contributed by atoms with van der Waals surface area (Å²) >= 11 is 5.88. The van der Waals surface area contributed by atoms with E-state index in [1.165, 1.54) is 0 Å². The molecule has 1 fully saturated rings. The Kier molecular flexibility index (Phi) is 5.20. The maximum Gasteiger partial charge on any atom is 0.282 e. The van der Waals surface area contributed by atoms with Gasteiger partial charge in [0, 0.05) is 16.8 Å². The first-order valence-electron chi connectivity index (χ1n) is 7.14. The fourth-order valence-electron chi connectivity index (χ4n) is 1.95. The van der Waals surface area contributed by atoms with Crippen LogP contribution >= 0.6 is 11.6 Å². The molecule has 3 N–H and O–H groups in total. The van der Waals surface area contributed by atoms with Crippen LogP contribution in [0.1, 0.15) is 19.8 Å². The Morgan fingerprint density at radius 3 is 2.76 bits per heavy atom. The molecule has 6 heteroatoms. The van der Waals surface area contributed by atoms with Gasteiger partial charge in [-0.05, 0) is 38.0 Å². The first-order valence-corrected chi connectivity index (χ1v) is 7.51. The van der Waals surface area contributed by atoms with Crippen molar-refractivity contribution >= 4 is 29.1 Å². The Morgan fingerprint density at radius 1 is 1.43 bits per heavy atom. The fraction of sp³-hybridized carbons (Fsp3) is 0.467. The van der Waals surface area contributed by atoms with Crippen molar-refractivity contribution in [3.8, 4) is 0 Å². The van der Waals surface area contributed by atoms with Gasteiger partial charge in [0.2, 0.25) is 0 Å². The molecule has 0 saturated heterocycles. The van der Waals surface area contributed by atoms with Crippen LogP contribution in [0.25, 0.3) is 0 Å². The van der Waals surface area contributed by atoms with E-state index in [2.05, 4.69) is 10.6 Å². The summed E-state index contributed by atoms with van der Waals surface area (Å²) in [6, 6.07) is 7.03. The number of hydrogen-bond donors (Lipinski definition) is 3. The van der Waals surface area contributed by atoms with Crippen molar-refractivity contribution in [3.05, 3.63) is 29.3 Å². The molecule has 2 rings (SSSR count). The lowest BCUT2D eigenvalue weighted by atomic mass is 10.2. The summed E-state index contributed by atoms with van der Waals surface area (Å²) in [5, 5.41) is 6.31. The van der Waals surface area contributed by atoms with Crippen LogP contribution < -0.4 is 15.5 Å². The minimum atomic E-state index is -0.325. The molecule has 0 aliphatic heterocycles. The van der Waals surface area contributed by atoms with Crippen molar-refractivity contribution in [1.82, 2.24) is 5.32 Å². The highest BCUT2D eigenvalue weighted by Gasteiger charge is 2.27. The van der Waals surface area contributed by atoms with Crippen molar-refractivity contribution in [2.45, 2.75) is 31.8 Å². The molecule has 1 aromatic rings. The third-order valence-corrected chi connectivity index (χ3v) is 3.84. The third-order valence-electron chi connectivity index (χ3n) is 3.61. The van der Waals surface area contributed by atoms with Gasteiger partial charge in [-0.2, -0.15) is 0 Å². The summed E-state index contributed by atoms with van der Waals surface area (Å²) in [5.74, 6) is -0.133. The summed E-state index contributed by atoms with van der Waals surface area (Å²) < 4.78 is 0. The molecule has 2 amide bonds. The number of quaternary nitrogens is 1. The zero-order chi connectivity index (χ0) is 15.4. The number of likely N-dealkylation sites (N-methyl/N-ethyl adjacent to an activating group) is 1. The first kappa shape index (κ1) is 15.8. The Hall–Kier alpha value is -1.59. The van der Waals surface area contributed by atoms with E-state index in [1.54, 1.807) is 31.2 Å². The normalized spacial score (nSPS) is 16.9. The van der Waals surface area contributed by atoms with Crippen LogP contribution in [0, 0.1) is 0 Å². The SMILES string of the molecule is C[C@@H](C(=O)Nc1cccc(Cl)c1)[NH+](C)CC(=O)NC1CC1. The van der Waals surface area contributed by atoms with E-state index in [9.17, 15) is 9.59 Å². The number of benzene rings is 1. The molecule has 2 atom stereocenters. The van der Waals surface area contributed by atoms with Gasteiger partial charge in [-0.3, -0.25) is 9.59 Å². The third kappa shape index (κ3) is 5.02. The van der Waals surface area contributed by atoms with Crippen molar-refractivity contribution in [1.29, 1.82) is 0 Å². The van der Waals surface area contributed by atoms with Crippen molar-refractivity contribution < 1.29 is 14.5 Å². The van der Waals surface area contributed by atoms with Crippen LogP contribution in [-0.2, 0) is 9.59 Å². The van der Waals surface area contributed by atoms with Crippen LogP contribution in [0.3, 0.4) is 0 Å². The molecule has 0 radical (unpaired) electrons. The van der Waals surface area contributed by atoms with Gasteiger partial charge in [-0.25, -0.2) is 0 Å². The first-order chi connectivity index (χ1) is 9.95. The molecular weight excluding hydrogens is 290 g/mol. The lowest BCUT2D eigenvalue weighted by molar-refractivity contribution is -0.885. The van der Waals surface area contributed by atoms with Crippen molar-refractivity contribution in [2.75, 3.05) is 18.9 Å². The number of carbonyl (C=O) groups is 2. The summed E-state index contributed by atoms with van der Waals surface area (Å²) in [4.78, 5) is 24.8. The molecule has 0 spiro atoms. The van der Waals surface area contributed by atoms with E-state index in [0.29, 0.717) is 23.3 Å². The molecule has 114 valence electrons. The second kappa shape index (κ2) is 6.91. The average molecular weight is 311 g/mol. The van der Waals surface area contributed by atoms with Gasteiger partial charge < -0.3 is 15.5 Å². The predicted octanol–water partition coefficient (Wildman–Crippen LogP) is 0.460. The summed E-state index contributed by atoms with van der Waals surface area (Å²) in [6.45, 7) is 2.10. The zero-order valence-corrected chi connectivity index (χ0v) is 13.0. The standard InChI is InChI=1S/C15H20ClN3O2/c1-10(19(2)9-14(20)17-12-6-7-12)15(21)18-13-5-3-4-11(16)8-13/h3-5,8,10,12H,6-7,9H2,1-2H3,(H,17,20)(H,18,21)/p+1/t10-/m0/s1. The van der Waals surface area contributed by atoms with Crippen molar-refractivity contribution in [2.24, 2.45) is 0 Å². The van der Waals surface area contributed by atoms with Crippen LogP contribution in [-0.4, -0.2) is 37.5 Å². The minimum absolute atomic E-state index is 0.00240. The molecular formula is C15H21ClN3O2+. The topological polar surface area (TPSA) is 62.6 Å². The van der Waals surface area contributed by atoms with Crippen LogP contribution in [0.5, 0.6) is 0 Å². The quantitative estimate of drug-likeness (QED) is 0.715. The number of carbonyl (C=O) groups excluding carboxylic acids is 2. The molecule has 0 aromatic heterocycles. The van der Waals surface area contributed by atoms with E-state index in [-0.39, 0.29) is 17.9 Å². The Morgan fingerprint density at radius 2 is 2.14 bits per heavy atom. The smallest absolute Gasteiger partial charge is 0.282 e. The van der Waals surface area contributed by atoms with E-state index in [4.69, 9.17) is 11.6 Å². The number of halogens is 1. The van der Waals surface area contributed by atoms with E-state index in [0.717, 1.165) is 17.7 Å². The fourth-order valence-corrected chi connectivity index (χ4v) is 2.14. The molecule has 1 saturated carbocycles. The van der Waals surface area contributed by atoms with Gasteiger partial charge in [-0.1, -0.05) is 17.7 Å². The van der Waals surface area contributed by atoms with E-state index < -0.39 is 0 Å². The second-order valence-electron chi connectivity index (χ2n) is 5.59. The number of nitrogens with one attached hydrogen (secondary N) is 3. The largest absolute Gasteiger partial charge is 0.348 e. The monoisotopic (exact) mass is 310 g/mol. The number of hydrogen-bond acceptors (Lipinski definition) is 2. The molecule has 1 aromatic carbocycles. The van der Waals surface area contributed by atoms with Crippen LogP contribution in [0.2, 0.25) is 5.02 Å².